The number of aliphatic hydroxyl groups is 3. The Morgan fingerprint density at radius 2 is 1.89 bits per heavy atom. The van der Waals surface area contributed by atoms with Gasteiger partial charge in [-0.2, -0.15) is 0 Å². The second-order valence-corrected chi connectivity index (χ2v) is 14.7. The molecule has 1 heterocycles. The molecule has 9 atom stereocenters. The van der Waals surface area contributed by atoms with E-state index >= 15 is 0 Å². The molecule has 1 aliphatic heterocycles. The number of carbonyl (C=O) groups is 2. The first-order chi connectivity index (χ1) is 21.1. The van der Waals surface area contributed by atoms with Crippen molar-refractivity contribution in [2.75, 3.05) is 6.61 Å². The van der Waals surface area contributed by atoms with Gasteiger partial charge in [-0.15, -0.1) is 11.8 Å². The van der Waals surface area contributed by atoms with Gasteiger partial charge in [-0.25, -0.2) is 0 Å². The Balaban J connectivity index is 1.15. The highest BCUT2D eigenvalue weighted by Crippen LogP contribution is 2.70. The minimum Gasteiger partial charge on any atom is -0.393 e. The van der Waals surface area contributed by atoms with Crippen LogP contribution in [0.4, 0.5) is 0 Å². The van der Waals surface area contributed by atoms with Gasteiger partial charge in [-0.3, -0.25) is 9.59 Å². The molecule has 0 spiro atoms. The zero-order valence-corrected chi connectivity index (χ0v) is 26.0. The van der Waals surface area contributed by atoms with E-state index in [1.54, 1.807) is 23.9 Å². The van der Waals surface area contributed by atoms with Crippen molar-refractivity contribution in [1.29, 1.82) is 0 Å². The number of thioether (sulfide) groups is 1. The number of Topliss-reactive ketones (excluding diaryl/α,β-unsaturated/α-hetero) is 1. The topological polar surface area (TPSA) is 113 Å². The van der Waals surface area contributed by atoms with Crippen molar-refractivity contribution >= 4 is 23.3 Å². The zero-order valence-electron chi connectivity index (χ0n) is 25.1. The van der Waals surface area contributed by atoms with Crippen LogP contribution in [-0.4, -0.2) is 51.3 Å². The quantitative estimate of drug-likeness (QED) is 0.370. The van der Waals surface area contributed by atoms with E-state index in [2.05, 4.69) is 26.0 Å². The molecule has 0 bridgehead atoms. The maximum Gasteiger partial charge on any atom is 0.193 e. The Morgan fingerprint density at radius 1 is 1.09 bits per heavy atom. The average Bonchev–Trinajstić information content (AvgIpc) is 3.53. The third kappa shape index (κ3) is 4.44. The van der Waals surface area contributed by atoms with Crippen LogP contribution in [-0.2, 0) is 31.4 Å². The molecule has 0 amide bonds. The number of allylic oxidation sites excluding steroid dienone is 4. The van der Waals surface area contributed by atoms with Crippen molar-refractivity contribution in [2.45, 2.75) is 80.9 Å². The van der Waals surface area contributed by atoms with Crippen LogP contribution in [0.15, 0.2) is 77.2 Å². The standard InChI is InChI=1S/C36H40O7S/c1-34-13-12-25(39)15-24(34)8-11-27-28-16-31-36(30(41)19-38,35(28,2)17-29(40)32(27)34)43-33(42-31)23-5-3-4-22(14-23)20-44-26-9-6-21(18-37)7-10-26/h3-7,9-10,12-15,27-29,31-33,37-38,40H,8,11,16-20H2,1-2H3/t27-,28-,29-,31+,32+,33+,34-,35-,36+/m0/s1. The van der Waals surface area contributed by atoms with Crippen LogP contribution < -0.4 is 0 Å². The maximum atomic E-state index is 13.8. The summed E-state index contributed by atoms with van der Waals surface area (Å²) in [5.41, 5.74) is 1.37. The van der Waals surface area contributed by atoms with E-state index in [1.165, 1.54) is 0 Å². The molecule has 1 saturated heterocycles. The van der Waals surface area contributed by atoms with Crippen LogP contribution >= 0.6 is 11.8 Å². The number of hydrogen-bond acceptors (Lipinski definition) is 8. The van der Waals surface area contributed by atoms with E-state index in [-0.39, 0.29) is 35.9 Å². The van der Waals surface area contributed by atoms with Crippen molar-refractivity contribution in [3.8, 4) is 0 Å². The number of benzene rings is 2. The number of ether oxygens (including phenoxy) is 2. The maximum absolute atomic E-state index is 13.8. The second-order valence-electron chi connectivity index (χ2n) is 13.7. The minimum absolute atomic E-state index is 0.00108. The fraction of sp³-hybridized carbons (Fsp3) is 0.500. The lowest BCUT2D eigenvalue weighted by Crippen LogP contribution is -2.63. The van der Waals surface area contributed by atoms with Gasteiger partial charge in [0.25, 0.3) is 0 Å². The fourth-order valence-electron chi connectivity index (χ4n) is 9.52. The van der Waals surface area contributed by atoms with E-state index in [9.17, 15) is 24.9 Å². The molecular weight excluding hydrogens is 576 g/mol. The first kappa shape index (κ1) is 30.1. The molecular formula is C36H40O7S. The van der Waals surface area contributed by atoms with E-state index in [1.807, 2.05) is 42.5 Å². The van der Waals surface area contributed by atoms with Gasteiger partial charge in [0.15, 0.2) is 23.5 Å². The number of hydrogen-bond donors (Lipinski definition) is 3. The molecule has 2 aromatic carbocycles. The van der Waals surface area contributed by atoms with Gasteiger partial charge >= 0.3 is 0 Å². The Bertz CT molecular complexity index is 1530. The molecule has 7 nitrogen and oxygen atoms in total. The summed E-state index contributed by atoms with van der Waals surface area (Å²) in [4.78, 5) is 27.1. The minimum atomic E-state index is -1.36. The first-order valence-corrected chi connectivity index (χ1v) is 16.6. The van der Waals surface area contributed by atoms with Gasteiger partial charge in [-0.05, 0) is 79.0 Å². The predicted octanol–water partition coefficient (Wildman–Crippen LogP) is 5.07. The van der Waals surface area contributed by atoms with Gasteiger partial charge in [0.05, 0.1) is 18.8 Å². The Hall–Kier alpha value is -2.59. The summed E-state index contributed by atoms with van der Waals surface area (Å²) < 4.78 is 13.4. The lowest BCUT2D eigenvalue weighted by Gasteiger charge is -2.59. The highest BCUT2D eigenvalue weighted by atomic mass is 32.2. The summed E-state index contributed by atoms with van der Waals surface area (Å²) >= 11 is 1.70. The molecule has 2 aromatic rings. The number of fused-ring (bicyclic) bond motifs is 7. The molecule has 3 saturated carbocycles. The van der Waals surface area contributed by atoms with Gasteiger partial charge < -0.3 is 24.8 Å². The van der Waals surface area contributed by atoms with E-state index < -0.39 is 41.5 Å². The molecule has 5 aliphatic rings. The van der Waals surface area contributed by atoms with Crippen molar-refractivity contribution in [1.82, 2.24) is 0 Å². The summed E-state index contributed by atoms with van der Waals surface area (Å²) in [6, 6.07) is 15.9. The Kier molecular flexibility index (Phi) is 7.55. The third-order valence-electron chi connectivity index (χ3n) is 11.5. The summed E-state index contributed by atoms with van der Waals surface area (Å²) in [7, 11) is 0. The molecule has 0 radical (unpaired) electrons. The van der Waals surface area contributed by atoms with Crippen LogP contribution in [0.25, 0.3) is 0 Å². The zero-order chi connectivity index (χ0) is 30.9. The predicted molar refractivity (Wildman–Crippen MR) is 165 cm³/mol. The summed E-state index contributed by atoms with van der Waals surface area (Å²) in [6.45, 7) is 3.56. The van der Waals surface area contributed by atoms with Gasteiger partial charge in [-0.1, -0.05) is 55.8 Å². The van der Waals surface area contributed by atoms with Gasteiger partial charge in [0, 0.05) is 33.0 Å². The number of aliphatic hydroxyl groups excluding tert-OH is 3. The molecule has 0 unspecified atom stereocenters. The second kappa shape index (κ2) is 11.0. The normalized spacial score (nSPS) is 38.8. The molecule has 3 N–H and O–H groups in total. The number of ketones is 2. The van der Waals surface area contributed by atoms with Crippen molar-refractivity contribution in [3.05, 3.63) is 89.0 Å². The van der Waals surface area contributed by atoms with Crippen LogP contribution in [0.1, 0.15) is 62.5 Å². The molecule has 44 heavy (non-hydrogen) atoms. The van der Waals surface area contributed by atoms with Crippen molar-refractivity contribution < 1.29 is 34.4 Å². The molecule has 4 aliphatic carbocycles. The van der Waals surface area contributed by atoms with Gasteiger partial charge in [0.2, 0.25) is 0 Å². The summed E-state index contributed by atoms with van der Waals surface area (Å²) in [5.74, 6) is 0.449. The van der Waals surface area contributed by atoms with Crippen molar-refractivity contribution in [2.24, 2.45) is 28.6 Å². The number of carbonyl (C=O) groups excluding carboxylic acids is 2. The molecule has 7 rings (SSSR count). The lowest BCUT2D eigenvalue weighted by molar-refractivity contribution is -0.201. The van der Waals surface area contributed by atoms with Crippen LogP contribution in [0.3, 0.4) is 0 Å². The van der Waals surface area contributed by atoms with E-state index in [4.69, 9.17) is 9.47 Å². The molecule has 232 valence electrons. The SMILES string of the molecule is C[C@]12C=CC(=O)C=C1CC[C@@H]1[C@@H]2[C@@H](O)C[C@@]2(C)[C@H]1C[C@H]1O[C@@H](c3cccc(CSc4ccc(CO)cc4)c3)O[C@]12C(=O)CO. The monoisotopic (exact) mass is 616 g/mol. The van der Waals surface area contributed by atoms with E-state index in [0.29, 0.717) is 12.8 Å². The van der Waals surface area contributed by atoms with Crippen molar-refractivity contribution in [3.63, 3.8) is 0 Å². The molecule has 8 heteroatoms. The molecule has 0 aromatic heterocycles. The van der Waals surface area contributed by atoms with Crippen LogP contribution in [0.2, 0.25) is 0 Å². The first-order valence-electron chi connectivity index (χ1n) is 15.6. The van der Waals surface area contributed by atoms with Gasteiger partial charge in [0.1, 0.15) is 6.61 Å². The third-order valence-corrected chi connectivity index (χ3v) is 12.6. The summed E-state index contributed by atoms with van der Waals surface area (Å²) in [5, 5.41) is 31.4. The Morgan fingerprint density at radius 3 is 2.64 bits per heavy atom. The number of rotatable bonds is 7. The highest BCUT2D eigenvalue weighted by molar-refractivity contribution is 7.98. The summed E-state index contributed by atoms with van der Waals surface area (Å²) in [6.07, 6.45) is 5.92. The molecule has 4 fully saturated rings. The highest BCUT2D eigenvalue weighted by Gasteiger charge is 2.75. The van der Waals surface area contributed by atoms with Crippen LogP contribution in [0.5, 0.6) is 0 Å². The van der Waals surface area contributed by atoms with Crippen LogP contribution in [0, 0.1) is 28.6 Å². The largest absolute Gasteiger partial charge is 0.393 e. The smallest absolute Gasteiger partial charge is 0.193 e. The Labute approximate surface area is 262 Å². The average molecular weight is 617 g/mol. The van der Waals surface area contributed by atoms with E-state index in [0.717, 1.165) is 45.8 Å². The lowest BCUT2D eigenvalue weighted by atomic mass is 9.46. The fourth-order valence-corrected chi connectivity index (χ4v) is 10.4.